The highest BCUT2D eigenvalue weighted by Gasteiger charge is 2.20. The van der Waals surface area contributed by atoms with E-state index in [1.54, 1.807) is 54.1 Å². The van der Waals surface area contributed by atoms with E-state index in [0.717, 1.165) is 0 Å². The number of carbonyl (C=O) groups excluding carboxylic acids is 1. The van der Waals surface area contributed by atoms with Gasteiger partial charge in [-0.05, 0) is 24.3 Å². The lowest BCUT2D eigenvalue weighted by atomic mass is 10.1. The monoisotopic (exact) mass is 390 g/mol. The Kier molecular flexibility index (Phi) is 4.95. The van der Waals surface area contributed by atoms with E-state index >= 15 is 0 Å². The van der Waals surface area contributed by atoms with Crippen molar-refractivity contribution >= 4 is 15.8 Å². The van der Waals surface area contributed by atoms with Gasteiger partial charge in [-0.3, -0.25) is 4.79 Å². The summed E-state index contributed by atoms with van der Waals surface area (Å²) in [7, 11) is -2.59. The van der Waals surface area contributed by atoms with Gasteiger partial charge in [0.2, 0.25) is 15.8 Å². The molecule has 0 spiro atoms. The van der Waals surface area contributed by atoms with Crippen molar-refractivity contribution in [2.45, 2.75) is 11.3 Å². The summed E-state index contributed by atoms with van der Waals surface area (Å²) < 4.78 is 52.6. The maximum absolute atomic E-state index is 14.3. The fourth-order valence-electron chi connectivity index (χ4n) is 2.79. The van der Waals surface area contributed by atoms with E-state index in [1.807, 2.05) is 0 Å². The molecule has 8 heteroatoms. The zero-order chi connectivity index (χ0) is 19.8. The molecule has 0 radical (unpaired) electrons. The first-order valence-corrected chi connectivity index (χ1v) is 9.48. The third-order valence-electron chi connectivity index (χ3n) is 4.30. The van der Waals surface area contributed by atoms with E-state index in [2.05, 4.69) is 0 Å². The number of ketones is 1. The van der Waals surface area contributed by atoms with Gasteiger partial charge >= 0.3 is 0 Å². The first kappa shape index (κ1) is 18.9. The topological polar surface area (TPSA) is 82.2 Å². The number of hydrogen-bond donors (Lipinski definition) is 1. The van der Waals surface area contributed by atoms with Crippen LogP contribution in [0, 0.1) is 11.6 Å². The molecule has 1 heterocycles. The predicted molar refractivity (Wildman–Crippen MR) is 95.8 cm³/mol. The fraction of sp³-hybridized carbons (Fsp3) is 0.105. The van der Waals surface area contributed by atoms with Gasteiger partial charge in [0.15, 0.2) is 0 Å². The zero-order valence-corrected chi connectivity index (χ0v) is 15.1. The summed E-state index contributed by atoms with van der Waals surface area (Å²) in [6, 6.07) is 13.2. The Hall–Kier alpha value is -2.84. The first-order chi connectivity index (χ1) is 12.7. The summed E-state index contributed by atoms with van der Waals surface area (Å²) in [5.41, 5.74) is 1.07. The van der Waals surface area contributed by atoms with Gasteiger partial charge in [-0.2, -0.15) is 0 Å². The number of nitrogens with two attached hydrogens (primary N) is 1. The smallest absolute Gasteiger partial charge is 0.238 e. The molecule has 2 aromatic carbocycles. The van der Waals surface area contributed by atoms with E-state index in [0.29, 0.717) is 29.1 Å². The number of aromatic nitrogens is 1. The molecular weight excluding hydrogens is 374 g/mol. The van der Waals surface area contributed by atoms with Crippen molar-refractivity contribution in [2.75, 3.05) is 0 Å². The minimum atomic E-state index is -4.21. The van der Waals surface area contributed by atoms with Gasteiger partial charge in [0.25, 0.3) is 0 Å². The summed E-state index contributed by atoms with van der Waals surface area (Å²) >= 11 is 0. The summed E-state index contributed by atoms with van der Waals surface area (Å²) in [4.78, 5) is 11.9. The van der Waals surface area contributed by atoms with E-state index in [1.165, 1.54) is 0 Å². The van der Waals surface area contributed by atoms with Crippen LogP contribution in [0.1, 0.15) is 27.3 Å². The molecule has 0 saturated heterocycles. The number of primary sulfonamides is 1. The highest BCUT2D eigenvalue weighted by molar-refractivity contribution is 7.89. The lowest BCUT2D eigenvalue weighted by Crippen LogP contribution is -2.14. The van der Waals surface area contributed by atoms with Gasteiger partial charge in [0.1, 0.15) is 11.6 Å². The Balaban J connectivity index is 1.94. The van der Waals surface area contributed by atoms with E-state index in [-0.39, 0.29) is 17.8 Å². The van der Waals surface area contributed by atoms with Gasteiger partial charge in [-0.1, -0.05) is 30.3 Å². The normalized spacial score (nSPS) is 11.6. The molecule has 0 bridgehead atoms. The van der Waals surface area contributed by atoms with Crippen LogP contribution in [0.3, 0.4) is 0 Å². The number of hydrogen-bond acceptors (Lipinski definition) is 3. The quantitative estimate of drug-likeness (QED) is 0.680. The molecule has 0 aliphatic rings. The summed E-state index contributed by atoms with van der Waals surface area (Å²) in [6.07, 6.45) is -0.152. The molecule has 1 aromatic heterocycles. The molecule has 0 aliphatic heterocycles. The molecule has 5 nitrogen and oxygen atoms in total. The molecule has 0 amide bonds. The summed E-state index contributed by atoms with van der Waals surface area (Å²) in [5.74, 6) is -2.25. The number of carbonyl (C=O) groups is 1. The third-order valence-corrected chi connectivity index (χ3v) is 5.19. The van der Waals surface area contributed by atoms with Crippen molar-refractivity contribution in [2.24, 2.45) is 12.2 Å². The van der Waals surface area contributed by atoms with Crippen LogP contribution in [0.2, 0.25) is 0 Å². The van der Waals surface area contributed by atoms with Crippen LogP contribution in [0.5, 0.6) is 0 Å². The lowest BCUT2D eigenvalue weighted by molar-refractivity contribution is 0.103. The molecule has 0 atom stereocenters. The second-order valence-electron chi connectivity index (χ2n) is 6.05. The Morgan fingerprint density at radius 2 is 1.63 bits per heavy atom. The number of halogens is 2. The third kappa shape index (κ3) is 3.81. The number of benzene rings is 2. The second kappa shape index (κ2) is 7.05. The van der Waals surface area contributed by atoms with Crippen LogP contribution >= 0.6 is 0 Å². The average Bonchev–Trinajstić information content (AvgIpc) is 2.97. The standard InChI is InChI=1S/C19H16F2N2O3S/c1-23-13(7-8-18(23)19(24)12-5-3-2-4-6-12)9-15-16(20)10-14(11-17(15)21)27(22,25)26/h2-8,10-11H,9H2,1H3,(H2,22,25,26). The Morgan fingerprint density at radius 1 is 1.04 bits per heavy atom. The van der Waals surface area contributed by atoms with Crippen molar-refractivity contribution in [1.82, 2.24) is 4.57 Å². The SMILES string of the molecule is Cn1c(Cc2c(F)cc(S(N)(=O)=O)cc2F)ccc1C(=O)c1ccccc1. The number of nitrogens with zero attached hydrogens (tertiary/aromatic N) is 1. The van der Waals surface area contributed by atoms with Crippen molar-refractivity contribution in [3.63, 3.8) is 0 Å². The van der Waals surface area contributed by atoms with Gasteiger partial charge in [0.05, 0.1) is 10.6 Å². The van der Waals surface area contributed by atoms with Crippen LogP contribution in [-0.4, -0.2) is 18.8 Å². The summed E-state index contributed by atoms with van der Waals surface area (Å²) in [5, 5.41) is 4.91. The van der Waals surface area contributed by atoms with Crippen molar-refractivity contribution in [1.29, 1.82) is 0 Å². The van der Waals surface area contributed by atoms with Crippen molar-refractivity contribution < 1.29 is 22.0 Å². The predicted octanol–water partition coefficient (Wildman–Crippen LogP) is 2.77. The van der Waals surface area contributed by atoms with E-state index in [4.69, 9.17) is 5.14 Å². The fourth-order valence-corrected chi connectivity index (χ4v) is 3.33. The van der Waals surface area contributed by atoms with Crippen molar-refractivity contribution in [3.8, 4) is 0 Å². The zero-order valence-electron chi connectivity index (χ0n) is 14.3. The van der Waals surface area contributed by atoms with Crippen LogP contribution in [0.25, 0.3) is 0 Å². The number of rotatable bonds is 5. The highest BCUT2D eigenvalue weighted by Crippen LogP contribution is 2.22. The van der Waals surface area contributed by atoms with Gasteiger partial charge in [0, 0.05) is 30.3 Å². The van der Waals surface area contributed by atoms with Crippen molar-refractivity contribution in [3.05, 3.63) is 88.7 Å². The molecule has 3 rings (SSSR count). The van der Waals surface area contributed by atoms with Gasteiger partial charge in [-0.15, -0.1) is 0 Å². The molecule has 2 N–H and O–H groups in total. The van der Waals surface area contributed by atoms with Crippen LogP contribution in [-0.2, 0) is 23.5 Å². The Morgan fingerprint density at radius 3 is 2.19 bits per heavy atom. The van der Waals surface area contributed by atoms with Crippen LogP contribution in [0.15, 0.2) is 59.5 Å². The summed E-state index contributed by atoms with van der Waals surface area (Å²) in [6.45, 7) is 0. The van der Waals surface area contributed by atoms with Crippen LogP contribution in [0.4, 0.5) is 8.78 Å². The van der Waals surface area contributed by atoms with Crippen LogP contribution < -0.4 is 5.14 Å². The van der Waals surface area contributed by atoms with E-state index < -0.39 is 26.6 Å². The largest absolute Gasteiger partial charge is 0.345 e. The highest BCUT2D eigenvalue weighted by atomic mass is 32.2. The molecule has 0 aliphatic carbocycles. The molecule has 0 unspecified atom stereocenters. The average molecular weight is 390 g/mol. The second-order valence-corrected chi connectivity index (χ2v) is 7.61. The Labute approximate surface area is 155 Å². The minimum Gasteiger partial charge on any atom is -0.345 e. The van der Waals surface area contributed by atoms with Gasteiger partial charge in [-0.25, -0.2) is 22.3 Å². The molecule has 0 saturated carbocycles. The van der Waals surface area contributed by atoms with E-state index in [9.17, 15) is 22.0 Å². The molecule has 0 fully saturated rings. The molecule has 27 heavy (non-hydrogen) atoms. The number of sulfonamides is 1. The maximum atomic E-state index is 14.3. The van der Waals surface area contributed by atoms with Gasteiger partial charge < -0.3 is 4.57 Å². The molecule has 140 valence electrons. The Bertz CT molecular complexity index is 1100. The maximum Gasteiger partial charge on any atom is 0.238 e. The first-order valence-electron chi connectivity index (χ1n) is 7.93. The molecular formula is C19H16F2N2O3S. The minimum absolute atomic E-state index is 0.152. The molecule has 3 aromatic rings. The lowest BCUT2D eigenvalue weighted by Gasteiger charge is -2.10.